The molecule has 4 N–H and O–H groups in total. The maximum Gasteiger partial charge on any atom is 0.0346 e. The molecule has 0 amide bonds. The largest absolute Gasteiger partial charge is 0.312 e. The highest BCUT2D eigenvalue weighted by Crippen LogP contribution is 2.15. The summed E-state index contributed by atoms with van der Waals surface area (Å²) < 4.78 is 0. The van der Waals surface area contributed by atoms with Gasteiger partial charge in [-0.1, -0.05) is 0 Å². The van der Waals surface area contributed by atoms with Crippen molar-refractivity contribution < 1.29 is 0 Å². The summed E-state index contributed by atoms with van der Waals surface area (Å²) in [6, 6.07) is 3.28. The maximum absolute atomic E-state index is 3.46. The first-order valence-electron chi connectivity index (χ1n) is 6.87. The lowest BCUT2D eigenvalue weighted by Gasteiger charge is -2.42. The summed E-state index contributed by atoms with van der Waals surface area (Å²) in [7, 11) is 0. The van der Waals surface area contributed by atoms with Crippen molar-refractivity contribution in [2.75, 3.05) is 26.2 Å². The van der Waals surface area contributed by atoms with Crippen LogP contribution in [0.2, 0.25) is 0 Å². The molecule has 4 heterocycles. The molecule has 92 valence electrons. The molecule has 4 aliphatic rings. The first-order chi connectivity index (χ1) is 7.93. The molecule has 4 fully saturated rings. The zero-order valence-corrected chi connectivity index (χ0v) is 9.97. The van der Waals surface area contributed by atoms with E-state index >= 15 is 0 Å². The van der Waals surface area contributed by atoms with Crippen LogP contribution < -0.4 is 21.3 Å². The molecular formula is C12H24N4. The fourth-order valence-corrected chi connectivity index (χ4v) is 3.27. The predicted molar refractivity (Wildman–Crippen MR) is 65.6 cm³/mol. The SMILES string of the molecule is C1CC2NCCC2N1.C1CNC2CNC2C1. The van der Waals surface area contributed by atoms with E-state index in [2.05, 4.69) is 21.3 Å². The number of nitrogens with one attached hydrogen (secondary N) is 4. The molecule has 0 spiro atoms. The third-order valence-corrected chi connectivity index (χ3v) is 4.39. The molecule has 4 saturated heterocycles. The minimum Gasteiger partial charge on any atom is -0.312 e. The lowest BCUT2D eigenvalue weighted by molar-refractivity contribution is 0.210. The average Bonchev–Trinajstić information content (AvgIpc) is 2.82. The summed E-state index contributed by atoms with van der Waals surface area (Å²) in [5.41, 5.74) is 0. The van der Waals surface area contributed by atoms with Crippen LogP contribution in [0.15, 0.2) is 0 Å². The quantitative estimate of drug-likeness (QED) is 0.445. The van der Waals surface area contributed by atoms with Gasteiger partial charge in [0.25, 0.3) is 0 Å². The molecule has 0 saturated carbocycles. The Hall–Kier alpha value is -0.160. The van der Waals surface area contributed by atoms with E-state index in [9.17, 15) is 0 Å². The summed E-state index contributed by atoms with van der Waals surface area (Å²) >= 11 is 0. The molecule has 16 heavy (non-hydrogen) atoms. The molecule has 4 nitrogen and oxygen atoms in total. The Morgan fingerprint density at radius 1 is 0.562 bits per heavy atom. The molecule has 0 aromatic rings. The second-order valence-corrected chi connectivity index (χ2v) is 5.42. The summed E-state index contributed by atoms with van der Waals surface area (Å²) in [6.45, 7) is 4.89. The number of hydrogen-bond acceptors (Lipinski definition) is 4. The summed E-state index contributed by atoms with van der Waals surface area (Å²) in [5, 5.41) is 13.8. The molecule has 4 heteroatoms. The third-order valence-electron chi connectivity index (χ3n) is 4.39. The topological polar surface area (TPSA) is 48.1 Å². The van der Waals surface area contributed by atoms with Crippen LogP contribution >= 0.6 is 0 Å². The molecule has 4 rings (SSSR count). The van der Waals surface area contributed by atoms with E-state index in [4.69, 9.17) is 0 Å². The van der Waals surface area contributed by atoms with Crippen LogP contribution in [-0.2, 0) is 0 Å². The van der Waals surface area contributed by atoms with E-state index < -0.39 is 0 Å². The highest BCUT2D eigenvalue weighted by molar-refractivity contribution is 4.96. The Labute approximate surface area is 97.9 Å². The molecule has 0 bridgehead atoms. The highest BCUT2D eigenvalue weighted by Gasteiger charge is 2.31. The Kier molecular flexibility index (Phi) is 3.43. The van der Waals surface area contributed by atoms with Crippen molar-refractivity contribution in [2.24, 2.45) is 0 Å². The zero-order valence-electron chi connectivity index (χ0n) is 9.97. The molecule has 4 unspecified atom stereocenters. The second-order valence-electron chi connectivity index (χ2n) is 5.42. The van der Waals surface area contributed by atoms with Gasteiger partial charge in [0.2, 0.25) is 0 Å². The molecule has 0 aliphatic carbocycles. The number of fused-ring (bicyclic) bond motifs is 2. The summed E-state index contributed by atoms with van der Waals surface area (Å²) in [5.74, 6) is 0. The van der Waals surface area contributed by atoms with Gasteiger partial charge in [0.1, 0.15) is 0 Å². The van der Waals surface area contributed by atoms with E-state index in [0.717, 1.165) is 24.2 Å². The Bertz CT molecular complexity index is 201. The average molecular weight is 224 g/mol. The lowest BCUT2D eigenvalue weighted by atomic mass is 9.92. The molecular weight excluding hydrogens is 200 g/mol. The van der Waals surface area contributed by atoms with Gasteiger partial charge in [-0.2, -0.15) is 0 Å². The van der Waals surface area contributed by atoms with Crippen LogP contribution in [-0.4, -0.2) is 50.3 Å². The van der Waals surface area contributed by atoms with E-state index in [-0.39, 0.29) is 0 Å². The number of rotatable bonds is 0. The van der Waals surface area contributed by atoms with Crippen LogP contribution in [0.1, 0.15) is 25.7 Å². The van der Waals surface area contributed by atoms with Crippen molar-refractivity contribution in [1.82, 2.24) is 21.3 Å². The van der Waals surface area contributed by atoms with E-state index in [1.165, 1.54) is 51.9 Å². The minimum atomic E-state index is 0.815. The molecule has 4 aliphatic heterocycles. The zero-order chi connectivity index (χ0) is 10.8. The van der Waals surface area contributed by atoms with Crippen molar-refractivity contribution in [3.05, 3.63) is 0 Å². The van der Waals surface area contributed by atoms with Crippen LogP contribution in [0.3, 0.4) is 0 Å². The maximum atomic E-state index is 3.46. The van der Waals surface area contributed by atoms with E-state index in [0.29, 0.717) is 0 Å². The van der Waals surface area contributed by atoms with Crippen molar-refractivity contribution in [3.8, 4) is 0 Å². The Morgan fingerprint density at radius 2 is 1.19 bits per heavy atom. The van der Waals surface area contributed by atoms with Crippen molar-refractivity contribution in [2.45, 2.75) is 49.9 Å². The number of piperidine rings is 1. The highest BCUT2D eigenvalue weighted by atomic mass is 15.1. The number of hydrogen-bond donors (Lipinski definition) is 4. The summed E-state index contributed by atoms with van der Waals surface area (Å²) in [6.07, 6.45) is 5.42. The van der Waals surface area contributed by atoms with E-state index in [1.54, 1.807) is 0 Å². The van der Waals surface area contributed by atoms with Gasteiger partial charge in [-0.05, 0) is 45.3 Å². The van der Waals surface area contributed by atoms with Gasteiger partial charge in [0.15, 0.2) is 0 Å². The van der Waals surface area contributed by atoms with Gasteiger partial charge in [0.05, 0.1) is 0 Å². The predicted octanol–water partition coefficient (Wildman–Crippen LogP) is -0.580. The van der Waals surface area contributed by atoms with Crippen molar-refractivity contribution >= 4 is 0 Å². The van der Waals surface area contributed by atoms with Crippen LogP contribution in [0, 0.1) is 0 Å². The first-order valence-corrected chi connectivity index (χ1v) is 6.87. The van der Waals surface area contributed by atoms with Gasteiger partial charge in [-0.15, -0.1) is 0 Å². The van der Waals surface area contributed by atoms with Crippen molar-refractivity contribution in [1.29, 1.82) is 0 Å². The van der Waals surface area contributed by atoms with Gasteiger partial charge >= 0.3 is 0 Å². The molecule has 0 aromatic carbocycles. The van der Waals surface area contributed by atoms with Crippen molar-refractivity contribution in [3.63, 3.8) is 0 Å². The fourth-order valence-electron chi connectivity index (χ4n) is 3.27. The monoisotopic (exact) mass is 224 g/mol. The van der Waals surface area contributed by atoms with Gasteiger partial charge in [-0.25, -0.2) is 0 Å². The third kappa shape index (κ3) is 2.25. The molecule has 4 atom stereocenters. The molecule has 0 radical (unpaired) electrons. The smallest absolute Gasteiger partial charge is 0.0346 e. The standard InChI is InChI=1S/2C6H12N2/c1-3-7-6-2-4-8-5(1)6;1-2-5-6(4-8-5)7-3-1/h2*5-8H,1-4H2. The minimum absolute atomic E-state index is 0.815. The van der Waals surface area contributed by atoms with Gasteiger partial charge in [0, 0.05) is 30.7 Å². The normalized spacial score (nSPS) is 45.0. The molecule has 0 aromatic heterocycles. The van der Waals surface area contributed by atoms with Crippen LogP contribution in [0.4, 0.5) is 0 Å². The van der Waals surface area contributed by atoms with Gasteiger partial charge in [-0.3, -0.25) is 0 Å². The lowest BCUT2D eigenvalue weighted by Crippen LogP contribution is -2.66. The summed E-state index contributed by atoms with van der Waals surface area (Å²) in [4.78, 5) is 0. The first kappa shape index (κ1) is 11.0. The second kappa shape index (κ2) is 5.00. The Balaban J connectivity index is 0.000000101. The van der Waals surface area contributed by atoms with Gasteiger partial charge < -0.3 is 21.3 Å². The van der Waals surface area contributed by atoms with E-state index in [1.807, 2.05) is 0 Å². The van der Waals surface area contributed by atoms with Crippen LogP contribution in [0.25, 0.3) is 0 Å². The van der Waals surface area contributed by atoms with Crippen LogP contribution in [0.5, 0.6) is 0 Å². The fraction of sp³-hybridized carbons (Fsp3) is 1.00. The Morgan fingerprint density at radius 3 is 1.62 bits per heavy atom.